The zero-order chi connectivity index (χ0) is 19.8. The van der Waals surface area contributed by atoms with Crippen LogP contribution in [0.3, 0.4) is 0 Å². The smallest absolute Gasteiger partial charge is 0.262 e. The highest BCUT2D eigenvalue weighted by molar-refractivity contribution is 7.21. The Morgan fingerprint density at radius 2 is 1.79 bits per heavy atom. The molecule has 3 heterocycles. The van der Waals surface area contributed by atoms with Gasteiger partial charge in [0, 0.05) is 10.4 Å². The van der Waals surface area contributed by atoms with Gasteiger partial charge in [0.05, 0.1) is 17.9 Å². The number of nitrogens with zero attached hydrogens (tertiary/aromatic N) is 3. The number of rotatable bonds is 4. The SMILES string of the molecule is O=c1c2cc(-c3ccccc3)sc2ncn1Cc1ncc(-c2ccc(F)cc2)o1. The molecule has 5 nitrogen and oxygen atoms in total. The third kappa shape index (κ3) is 3.36. The number of fused-ring (bicyclic) bond motifs is 1. The van der Waals surface area contributed by atoms with Gasteiger partial charge < -0.3 is 4.42 Å². The van der Waals surface area contributed by atoms with E-state index in [-0.39, 0.29) is 17.9 Å². The molecule has 29 heavy (non-hydrogen) atoms. The van der Waals surface area contributed by atoms with E-state index < -0.39 is 0 Å². The summed E-state index contributed by atoms with van der Waals surface area (Å²) in [5.74, 6) is 0.583. The average Bonchev–Trinajstić information content (AvgIpc) is 3.39. The van der Waals surface area contributed by atoms with E-state index >= 15 is 0 Å². The summed E-state index contributed by atoms with van der Waals surface area (Å²) in [5.41, 5.74) is 1.63. The van der Waals surface area contributed by atoms with Gasteiger partial charge in [0.25, 0.3) is 5.56 Å². The number of benzene rings is 2. The van der Waals surface area contributed by atoms with E-state index in [2.05, 4.69) is 9.97 Å². The Hall–Kier alpha value is -3.58. The third-order valence-corrected chi connectivity index (χ3v) is 5.66. The quantitative estimate of drug-likeness (QED) is 0.425. The second-order valence-corrected chi connectivity index (χ2v) is 7.53. The number of hydrogen-bond acceptors (Lipinski definition) is 5. The zero-order valence-electron chi connectivity index (χ0n) is 15.1. The van der Waals surface area contributed by atoms with Crippen LogP contribution in [0.15, 0.2) is 82.4 Å². The molecule has 0 fully saturated rings. The maximum atomic E-state index is 13.1. The fraction of sp³-hybridized carbons (Fsp3) is 0.0455. The molecule has 0 atom stereocenters. The minimum Gasteiger partial charge on any atom is -0.439 e. The Kier molecular flexibility index (Phi) is 4.29. The van der Waals surface area contributed by atoms with Crippen LogP contribution in [0.25, 0.3) is 32.0 Å². The lowest BCUT2D eigenvalue weighted by Crippen LogP contribution is -2.20. The lowest BCUT2D eigenvalue weighted by Gasteiger charge is -2.01. The molecular formula is C22H14FN3O2S. The zero-order valence-corrected chi connectivity index (χ0v) is 15.9. The molecule has 3 aromatic heterocycles. The van der Waals surface area contributed by atoms with Crippen LogP contribution in [0.2, 0.25) is 0 Å². The van der Waals surface area contributed by atoms with E-state index in [0.717, 1.165) is 16.0 Å². The molecule has 0 saturated carbocycles. The molecule has 142 valence electrons. The summed E-state index contributed by atoms with van der Waals surface area (Å²) in [6.45, 7) is 0.166. The fourth-order valence-corrected chi connectivity index (χ4v) is 4.09. The average molecular weight is 403 g/mol. The van der Waals surface area contributed by atoms with Crippen LogP contribution in [-0.2, 0) is 6.54 Å². The Balaban J connectivity index is 1.46. The van der Waals surface area contributed by atoms with Crippen molar-refractivity contribution in [2.75, 3.05) is 0 Å². The molecule has 5 aromatic rings. The number of oxazole rings is 1. The van der Waals surface area contributed by atoms with E-state index in [1.807, 2.05) is 36.4 Å². The van der Waals surface area contributed by atoms with E-state index in [4.69, 9.17) is 4.42 Å². The summed E-state index contributed by atoms with van der Waals surface area (Å²) in [6.07, 6.45) is 3.08. The van der Waals surface area contributed by atoms with Gasteiger partial charge >= 0.3 is 0 Å². The van der Waals surface area contributed by atoms with Crippen LogP contribution in [0.5, 0.6) is 0 Å². The Morgan fingerprint density at radius 1 is 1.00 bits per heavy atom. The highest BCUT2D eigenvalue weighted by Crippen LogP contribution is 2.30. The molecule has 0 spiro atoms. The second-order valence-electron chi connectivity index (χ2n) is 6.50. The van der Waals surface area contributed by atoms with Gasteiger partial charge in [-0.05, 0) is 35.9 Å². The molecule has 7 heteroatoms. The molecule has 2 aromatic carbocycles. The molecule has 5 rings (SSSR count). The van der Waals surface area contributed by atoms with Gasteiger partial charge in [-0.2, -0.15) is 0 Å². The van der Waals surface area contributed by atoms with Gasteiger partial charge in [-0.3, -0.25) is 9.36 Å². The van der Waals surface area contributed by atoms with Gasteiger partial charge in [-0.15, -0.1) is 11.3 Å². The van der Waals surface area contributed by atoms with Crippen molar-refractivity contribution in [2.45, 2.75) is 6.54 Å². The van der Waals surface area contributed by atoms with E-state index in [1.54, 1.807) is 18.3 Å². The molecule has 0 aliphatic rings. The Bertz CT molecular complexity index is 1350. The molecule has 0 N–H and O–H groups in total. The first kappa shape index (κ1) is 17.5. The summed E-state index contributed by atoms with van der Waals surface area (Å²) >= 11 is 1.49. The number of aromatic nitrogens is 3. The summed E-state index contributed by atoms with van der Waals surface area (Å²) in [5, 5.41) is 0.571. The van der Waals surface area contributed by atoms with Crippen molar-refractivity contribution >= 4 is 21.6 Å². The lowest BCUT2D eigenvalue weighted by atomic mass is 10.2. The van der Waals surface area contributed by atoms with E-state index in [1.165, 1.54) is 34.4 Å². The van der Waals surface area contributed by atoms with Crippen molar-refractivity contribution in [3.63, 3.8) is 0 Å². The van der Waals surface area contributed by atoms with Crippen LogP contribution in [0.1, 0.15) is 5.89 Å². The minimum atomic E-state index is -0.315. The lowest BCUT2D eigenvalue weighted by molar-refractivity contribution is 0.484. The predicted molar refractivity (Wildman–Crippen MR) is 110 cm³/mol. The number of thiophene rings is 1. The first-order chi connectivity index (χ1) is 14.2. The summed E-state index contributed by atoms with van der Waals surface area (Å²) < 4.78 is 20.3. The van der Waals surface area contributed by atoms with Gasteiger partial charge in [-0.25, -0.2) is 14.4 Å². The molecular weight excluding hydrogens is 389 g/mol. The van der Waals surface area contributed by atoms with Crippen LogP contribution in [-0.4, -0.2) is 14.5 Å². The van der Waals surface area contributed by atoms with E-state index in [9.17, 15) is 9.18 Å². The summed E-state index contributed by atoms with van der Waals surface area (Å²) in [7, 11) is 0. The predicted octanol–water partition coefficient (Wildman–Crippen LogP) is 4.97. The van der Waals surface area contributed by atoms with Gasteiger partial charge in [0.2, 0.25) is 5.89 Å². The van der Waals surface area contributed by atoms with Gasteiger partial charge in [0.15, 0.2) is 5.76 Å². The number of hydrogen-bond donors (Lipinski definition) is 0. The van der Waals surface area contributed by atoms with E-state index in [0.29, 0.717) is 21.9 Å². The fourth-order valence-electron chi connectivity index (χ4n) is 3.09. The van der Waals surface area contributed by atoms with Crippen molar-refractivity contribution in [3.8, 4) is 21.8 Å². The van der Waals surface area contributed by atoms with Crippen LogP contribution in [0, 0.1) is 5.82 Å². The monoisotopic (exact) mass is 403 g/mol. The highest BCUT2D eigenvalue weighted by Gasteiger charge is 2.13. The van der Waals surface area contributed by atoms with Gasteiger partial charge in [-0.1, -0.05) is 30.3 Å². The summed E-state index contributed by atoms with van der Waals surface area (Å²) in [6, 6.07) is 17.7. The highest BCUT2D eigenvalue weighted by atomic mass is 32.1. The normalized spacial score (nSPS) is 11.2. The molecule has 0 aliphatic carbocycles. The summed E-state index contributed by atoms with van der Waals surface area (Å²) in [4.78, 5) is 23.3. The molecule has 0 aliphatic heterocycles. The second kappa shape index (κ2) is 7.10. The van der Waals surface area contributed by atoms with Crippen molar-refractivity contribution in [1.29, 1.82) is 0 Å². The molecule has 0 saturated heterocycles. The van der Waals surface area contributed by atoms with Crippen molar-refractivity contribution in [1.82, 2.24) is 14.5 Å². The van der Waals surface area contributed by atoms with Crippen molar-refractivity contribution in [2.24, 2.45) is 0 Å². The standard InChI is InChI=1S/C22H14FN3O2S/c23-16-8-6-14(7-9-16)18-11-24-20(28-18)12-26-13-25-21-17(22(26)27)10-19(29-21)15-4-2-1-3-5-15/h1-11,13H,12H2. The van der Waals surface area contributed by atoms with Crippen molar-refractivity contribution < 1.29 is 8.81 Å². The van der Waals surface area contributed by atoms with Gasteiger partial charge in [0.1, 0.15) is 17.2 Å². The first-order valence-corrected chi connectivity index (χ1v) is 9.74. The Morgan fingerprint density at radius 3 is 2.59 bits per heavy atom. The maximum absolute atomic E-state index is 13.1. The molecule has 0 amide bonds. The number of halogens is 1. The molecule has 0 bridgehead atoms. The maximum Gasteiger partial charge on any atom is 0.262 e. The van der Waals surface area contributed by atoms with Crippen molar-refractivity contribution in [3.05, 3.63) is 95.2 Å². The largest absolute Gasteiger partial charge is 0.439 e. The van der Waals surface area contributed by atoms with Crippen LogP contribution in [0.4, 0.5) is 4.39 Å². The minimum absolute atomic E-state index is 0.144. The molecule has 0 radical (unpaired) electrons. The van der Waals surface area contributed by atoms with Crippen LogP contribution >= 0.6 is 11.3 Å². The first-order valence-electron chi connectivity index (χ1n) is 8.92. The van der Waals surface area contributed by atoms with Crippen LogP contribution < -0.4 is 5.56 Å². The molecule has 0 unspecified atom stereocenters. The third-order valence-electron chi connectivity index (χ3n) is 4.56. The topological polar surface area (TPSA) is 60.9 Å². The Labute approximate surface area is 168 Å².